The first kappa shape index (κ1) is 14.7. The molecule has 2 aromatic heterocycles. The first-order valence-corrected chi connectivity index (χ1v) is 6.96. The molecule has 7 nitrogen and oxygen atoms in total. The van der Waals surface area contributed by atoms with Crippen LogP contribution in [0.1, 0.15) is 22.8 Å². The Labute approximate surface area is 132 Å². The highest BCUT2D eigenvalue weighted by Gasteiger charge is 2.09. The van der Waals surface area contributed by atoms with Gasteiger partial charge in [0.1, 0.15) is 5.69 Å². The summed E-state index contributed by atoms with van der Waals surface area (Å²) in [6, 6.07) is 8.03. The van der Waals surface area contributed by atoms with Gasteiger partial charge in [-0.05, 0) is 6.92 Å². The van der Waals surface area contributed by atoms with Crippen molar-refractivity contribution in [1.29, 1.82) is 0 Å². The topological polar surface area (TPSA) is 110 Å². The number of rotatable bonds is 4. The van der Waals surface area contributed by atoms with Gasteiger partial charge in [-0.1, -0.05) is 35.0 Å². The van der Waals surface area contributed by atoms with Crippen LogP contribution >= 0.6 is 0 Å². The highest BCUT2D eigenvalue weighted by atomic mass is 16.4. The molecule has 23 heavy (non-hydrogen) atoms. The van der Waals surface area contributed by atoms with Gasteiger partial charge >= 0.3 is 0 Å². The Morgan fingerprint density at radius 1 is 1.13 bits per heavy atom. The number of nitrogens with zero attached hydrogens (tertiary/aromatic N) is 4. The van der Waals surface area contributed by atoms with Crippen LogP contribution in [0.2, 0.25) is 0 Å². The van der Waals surface area contributed by atoms with Gasteiger partial charge < -0.3 is 15.4 Å². The van der Waals surface area contributed by atoms with Gasteiger partial charge in [-0.2, -0.15) is 0 Å². The Bertz CT molecular complexity index is 822. The van der Waals surface area contributed by atoms with Crippen LogP contribution in [-0.2, 0) is 6.42 Å². The maximum Gasteiger partial charge on any atom is 0.200 e. The molecule has 3 rings (SSSR count). The van der Waals surface area contributed by atoms with Crippen LogP contribution in [0.4, 0.5) is 0 Å². The predicted molar refractivity (Wildman–Crippen MR) is 84.0 cm³/mol. The van der Waals surface area contributed by atoms with Crippen LogP contribution < -0.4 is 5.73 Å². The molecule has 2 heterocycles. The van der Waals surface area contributed by atoms with E-state index in [0.717, 1.165) is 5.56 Å². The average molecular weight is 309 g/mol. The lowest BCUT2D eigenvalue weighted by Gasteiger charge is -2.00. The predicted octanol–water partition coefficient (Wildman–Crippen LogP) is 2.13. The summed E-state index contributed by atoms with van der Waals surface area (Å²) in [5.41, 5.74) is 8.59. The minimum absolute atomic E-state index is 0.0816. The normalized spacial score (nSPS) is 11.6. The Morgan fingerprint density at radius 2 is 1.91 bits per heavy atom. The Balaban J connectivity index is 1.75. The van der Waals surface area contributed by atoms with Gasteiger partial charge in [-0.25, -0.2) is 9.97 Å². The summed E-state index contributed by atoms with van der Waals surface area (Å²) in [7, 11) is 0. The molecule has 0 fully saturated rings. The van der Waals surface area contributed by atoms with Crippen LogP contribution in [0.25, 0.3) is 11.3 Å². The third-order valence-corrected chi connectivity index (χ3v) is 3.30. The first-order valence-electron chi connectivity index (χ1n) is 6.96. The SMILES string of the molecule is Cc1ccc(-c2cnc(Cc3cnc(/C(N)=N/O)cn3)o2)cc1. The van der Waals surface area contributed by atoms with E-state index in [2.05, 4.69) is 20.1 Å². The number of nitrogens with two attached hydrogens (primary N) is 1. The smallest absolute Gasteiger partial charge is 0.200 e. The van der Waals surface area contributed by atoms with Crippen molar-refractivity contribution in [2.45, 2.75) is 13.3 Å². The highest BCUT2D eigenvalue weighted by Crippen LogP contribution is 2.21. The van der Waals surface area contributed by atoms with Gasteiger partial charge in [0.25, 0.3) is 0 Å². The molecule has 0 saturated carbocycles. The van der Waals surface area contributed by atoms with E-state index < -0.39 is 0 Å². The number of oxazole rings is 1. The summed E-state index contributed by atoms with van der Waals surface area (Å²) in [4.78, 5) is 12.5. The number of aromatic nitrogens is 3. The lowest BCUT2D eigenvalue weighted by Crippen LogP contribution is -2.15. The molecule has 0 unspecified atom stereocenters. The van der Waals surface area contributed by atoms with Gasteiger partial charge in [-0.15, -0.1) is 0 Å². The highest BCUT2D eigenvalue weighted by molar-refractivity contribution is 5.94. The fourth-order valence-corrected chi connectivity index (χ4v) is 2.03. The van der Waals surface area contributed by atoms with Crippen LogP contribution in [0.5, 0.6) is 0 Å². The van der Waals surface area contributed by atoms with Crippen molar-refractivity contribution in [2.24, 2.45) is 10.9 Å². The molecule has 3 aromatic rings. The summed E-state index contributed by atoms with van der Waals surface area (Å²) >= 11 is 0. The van der Waals surface area contributed by atoms with Crippen LogP contribution in [-0.4, -0.2) is 26.0 Å². The van der Waals surface area contributed by atoms with E-state index >= 15 is 0 Å². The first-order chi connectivity index (χ1) is 11.2. The Kier molecular flexibility index (Phi) is 4.01. The lowest BCUT2D eigenvalue weighted by molar-refractivity contribution is 0.318. The molecular weight excluding hydrogens is 294 g/mol. The van der Waals surface area contributed by atoms with E-state index in [1.54, 1.807) is 12.4 Å². The molecule has 0 radical (unpaired) electrons. The molecule has 0 bridgehead atoms. The number of benzene rings is 1. The molecule has 0 aliphatic heterocycles. The number of hydrogen-bond donors (Lipinski definition) is 2. The fourth-order valence-electron chi connectivity index (χ4n) is 2.03. The summed E-state index contributed by atoms with van der Waals surface area (Å²) in [5, 5.41) is 11.5. The van der Waals surface area contributed by atoms with Gasteiger partial charge in [0.15, 0.2) is 11.6 Å². The zero-order chi connectivity index (χ0) is 16.2. The fraction of sp³-hybridized carbons (Fsp3) is 0.125. The molecule has 1 aromatic carbocycles. The third-order valence-electron chi connectivity index (χ3n) is 3.30. The summed E-state index contributed by atoms with van der Waals surface area (Å²) in [6.07, 6.45) is 5.09. The summed E-state index contributed by atoms with van der Waals surface area (Å²) in [6.45, 7) is 2.03. The van der Waals surface area contributed by atoms with E-state index in [9.17, 15) is 0 Å². The van der Waals surface area contributed by atoms with Crippen LogP contribution in [0.3, 0.4) is 0 Å². The standard InChI is InChI=1S/C16H15N5O2/c1-10-2-4-11(5-3-10)14-9-20-15(23-14)6-12-7-19-13(8-18-12)16(17)21-22/h2-5,7-9,22H,6H2,1H3,(H2,17,21). The van der Waals surface area contributed by atoms with Crippen LogP contribution in [0.15, 0.2) is 52.4 Å². The second kappa shape index (κ2) is 6.27. The molecule has 0 spiro atoms. The molecule has 0 aliphatic carbocycles. The van der Waals surface area contributed by atoms with Crippen molar-refractivity contribution >= 4 is 5.84 Å². The van der Waals surface area contributed by atoms with E-state index in [-0.39, 0.29) is 5.84 Å². The van der Waals surface area contributed by atoms with Gasteiger partial charge in [0, 0.05) is 11.8 Å². The molecule has 7 heteroatoms. The van der Waals surface area contributed by atoms with Gasteiger partial charge in [0.05, 0.1) is 24.5 Å². The largest absolute Gasteiger partial charge is 0.440 e. The monoisotopic (exact) mass is 309 g/mol. The molecule has 116 valence electrons. The Morgan fingerprint density at radius 3 is 2.57 bits per heavy atom. The molecule has 0 saturated heterocycles. The maximum absolute atomic E-state index is 8.59. The van der Waals surface area contributed by atoms with Gasteiger partial charge in [-0.3, -0.25) is 4.98 Å². The average Bonchev–Trinajstić information content (AvgIpc) is 3.04. The second-order valence-corrected chi connectivity index (χ2v) is 5.04. The molecular formula is C16H15N5O2. The zero-order valence-corrected chi connectivity index (χ0v) is 12.5. The van der Waals surface area contributed by atoms with E-state index in [1.165, 1.54) is 11.8 Å². The number of aryl methyl sites for hydroxylation is 1. The van der Waals surface area contributed by atoms with Crippen LogP contribution in [0, 0.1) is 6.92 Å². The third kappa shape index (κ3) is 3.34. The summed E-state index contributed by atoms with van der Waals surface area (Å²) in [5.74, 6) is 1.18. The Hall–Kier alpha value is -3.22. The van der Waals surface area contributed by atoms with Crippen molar-refractivity contribution < 1.29 is 9.62 Å². The van der Waals surface area contributed by atoms with E-state index in [0.29, 0.717) is 29.5 Å². The molecule has 0 amide bonds. The maximum atomic E-state index is 8.59. The van der Waals surface area contributed by atoms with Gasteiger partial charge in [0.2, 0.25) is 5.89 Å². The second-order valence-electron chi connectivity index (χ2n) is 5.04. The number of hydrogen-bond acceptors (Lipinski definition) is 6. The molecule has 0 aliphatic rings. The number of amidine groups is 1. The summed E-state index contributed by atoms with van der Waals surface area (Å²) < 4.78 is 5.75. The van der Waals surface area contributed by atoms with E-state index in [1.807, 2.05) is 31.2 Å². The lowest BCUT2D eigenvalue weighted by atomic mass is 10.1. The minimum Gasteiger partial charge on any atom is -0.440 e. The van der Waals surface area contributed by atoms with Crippen molar-refractivity contribution in [1.82, 2.24) is 15.0 Å². The molecule has 0 atom stereocenters. The van der Waals surface area contributed by atoms with Crippen molar-refractivity contribution in [3.05, 3.63) is 65.7 Å². The number of oxime groups is 1. The quantitative estimate of drug-likeness (QED) is 0.330. The zero-order valence-electron chi connectivity index (χ0n) is 12.5. The minimum atomic E-state index is -0.0816. The van der Waals surface area contributed by atoms with Crippen molar-refractivity contribution in [3.8, 4) is 11.3 Å². The molecule has 3 N–H and O–H groups in total. The van der Waals surface area contributed by atoms with Crippen molar-refractivity contribution in [3.63, 3.8) is 0 Å². The van der Waals surface area contributed by atoms with Crippen molar-refractivity contribution in [2.75, 3.05) is 0 Å². The van der Waals surface area contributed by atoms with E-state index in [4.69, 9.17) is 15.4 Å².